The van der Waals surface area contributed by atoms with Gasteiger partial charge in [0, 0.05) is 44.9 Å². The van der Waals surface area contributed by atoms with Crippen LogP contribution in [-0.4, -0.2) is 52.7 Å². The molecule has 1 aliphatic heterocycles. The van der Waals surface area contributed by atoms with Gasteiger partial charge in [0.15, 0.2) is 11.5 Å². The molecule has 0 N–H and O–H groups in total. The Morgan fingerprint density at radius 1 is 1.08 bits per heavy atom. The summed E-state index contributed by atoms with van der Waals surface area (Å²) in [4.78, 5) is 32.9. The van der Waals surface area contributed by atoms with Crippen LogP contribution in [0, 0.1) is 0 Å². The number of pyridine rings is 1. The van der Waals surface area contributed by atoms with E-state index in [-0.39, 0.29) is 29.2 Å². The lowest BCUT2D eigenvalue weighted by molar-refractivity contribution is 0.0505. The number of rotatable bonds is 8. The van der Waals surface area contributed by atoms with E-state index < -0.39 is 0 Å². The van der Waals surface area contributed by atoms with Gasteiger partial charge in [-0.2, -0.15) is 0 Å². The fourth-order valence-electron chi connectivity index (χ4n) is 5.51. The highest BCUT2D eigenvalue weighted by molar-refractivity contribution is 5.93. The van der Waals surface area contributed by atoms with Gasteiger partial charge in [-0.15, -0.1) is 0 Å². The molecule has 8 heteroatoms. The number of hydrogen-bond donors (Lipinski definition) is 0. The topological polar surface area (TPSA) is 82.4 Å². The van der Waals surface area contributed by atoms with E-state index in [9.17, 15) is 9.59 Å². The van der Waals surface area contributed by atoms with Crippen molar-refractivity contribution in [2.45, 2.75) is 44.4 Å². The summed E-state index contributed by atoms with van der Waals surface area (Å²) in [6.07, 6.45) is 6.53. The number of methoxy groups -OCH3 is 1. The van der Waals surface area contributed by atoms with Crippen LogP contribution in [-0.2, 0) is 24.1 Å². The molecular weight excluding hydrogens is 494 g/mol. The monoisotopic (exact) mass is 525 g/mol. The van der Waals surface area contributed by atoms with E-state index in [4.69, 9.17) is 14.2 Å². The van der Waals surface area contributed by atoms with Gasteiger partial charge in [-0.25, -0.2) is 4.98 Å². The first-order valence-electron chi connectivity index (χ1n) is 13.4. The average Bonchev–Trinajstić information content (AvgIpc) is 3.63. The van der Waals surface area contributed by atoms with E-state index in [2.05, 4.69) is 29.2 Å². The Labute approximate surface area is 226 Å². The lowest BCUT2D eigenvalue weighted by atomic mass is 10.1. The highest BCUT2D eigenvalue weighted by atomic mass is 16.5. The molecule has 1 aliphatic carbocycles. The molecule has 0 radical (unpaired) electrons. The molecule has 1 atom stereocenters. The van der Waals surface area contributed by atoms with Crippen LogP contribution in [0.15, 0.2) is 77.9 Å². The summed E-state index contributed by atoms with van der Waals surface area (Å²) >= 11 is 0. The van der Waals surface area contributed by atoms with Gasteiger partial charge < -0.3 is 19.1 Å². The summed E-state index contributed by atoms with van der Waals surface area (Å²) in [5, 5.41) is 0. The molecule has 2 aromatic carbocycles. The Morgan fingerprint density at radius 2 is 1.87 bits per heavy atom. The summed E-state index contributed by atoms with van der Waals surface area (Å²) in [5.74, 6) is 0.915. The molecule has 6 rings (SSSR count). The van der Waals surface area contributed by atoms with Crippen LogP contribution in [0.1, 0.15) is 39.9 Å². The molecule has 200 valence electrons. The molecule has 3 heterocycles. The first-order chi connectivity index (χ1) is 19.1. The Balaban J connectivity index is 1.24. The highest BCUT2D eigenvalue weighted by Gasteiger charge is 2.27. The van der Waals surface area contributed by atoms with Gasteiger partial charge in [-0.1, -0.05) is 36.4 Å². The number of hydrogen-bond acceptors (Lipinski definition) is 6. The Bertz CT molecular complexity index is 1530. The summed E-state index contributed by atoms with van der Waals surface area (Å²) in [5.41, 5.74) is 3.65. The minimum absolute atomic E-state index is 0.0319. The molecule has 1 amide bonds. The molecule has 39 heavy (non-hydrogen) atoms. The number of carbonyl (C=O) groups is 1. The number of nitrogens with zero attached hydrogens (tertiary/aromatic N) is 3. The van der Waals surface area contributed by atoms with Gasteiger partial charge >= 0.3 is 0 Å². The van der Waals surface area contributed by atoms with Crippen molar-refractivity contribution in [1.82, 2.24) is 14.3 Å². The fourth-order valence-corrected chi connectivity index (χ4v) is 5.51. The maximum absolute atomic E-state index is 13.7. The molecule has 0 spiro atoms. The smallest absolute Gasteiger partial charge is 0.270 e. The number of ether oxygens (including phenoxy) is 3. The van der Waals surface area contributed by atoms with Crippen molar-refractivity contribution >= 4 is 11.6 Å². The minimum atomic E-state index is -0.387. The molecule has 1 unspecified atom stereocenters. The first-order valence-corrected chi connectivity index (χ1v) is 13.4. The predicted molar refractivity (Wildman–Crippen MR) is 146 cm³/mol. The number of amides is 1. The summed E-state index contributed by atoms with van der Waals surface area (Å²) in [6, 6.07) is 19.4. The summed E-state index contributed by atoms with van der Waals surface area (Å²) in [7, 11) is 1.62. The third-order valence-electron chi connectivity index (χ3n) is 7.49. The Hall–Kier alpha value is -4.17. The lowest BCUT2D eigenvalue weighted by Crippen LogP contribution is -2.40. The number of benzene rings is 2. The molecular formula is C31H31N3O5. The van der Waals surface area contributed by atoms with Crippen LogP contribution in [0.3, 0.4) is 0 Å². The lowest BCUT2D eigenvalue weighted by Gasteiger charge is -2.26. The zero-order valence-corrected chi connectivity index (χ0v) is 21.9. The summed E-state index contributed by atoms with van der Waals surface area (Å²) in [6.45, 7) is 1.36. The van der Waals surface area contributed by atoms with Gasteiger partial charge in [0.05, 0.1) is 13.2 Å². The van der Waals surface area contributed by atoms with Gasteiger partial charge in [-0.3, -0.25) is 14.0 Å². The van der Waals surface area contributed by atoms with Crippen molar-refractivity contribution in [3.05, 3.63) is 106 Å². The van der Waals surface area contributed by atoms with E-state index in [1.807, 2.05) is 18.2 Å². The molecule has 2 aromatic heterocycles. The molecule has 0 bridgehead atoms. The van der Waals surface area contributed by atoms with Crippen LogP contribution < -0.4 is 15.0 Å². The predicted octanol–water partition coefficient (Wildman–Crippen LogP) is 4.07. The van der Waals surface area contributed by atoms with Crippen LogP contribution in [0.4, 0.5) is 0 Å². The van der Waals surface area contributed by atoms with Crippen molar-refractivity contribution < 1.29 is 19.0 Å². The largest absolute Gasteiger partial charge is 0.493 e. The zero-order valence-electron chi connectivity index (χ0n) is 21.9. The number of carbonyl (C=O) groups excluding carboxylic acids is 1. The van der Waals surface area contributed by atoms with Crippen LogP contribution >= 0.6 is 0 Å². The van der Waals surface area contributed by atoms with Crippen LogP contribution in [0.2, 0.25) is 0 Å². The second-order valence-electron chi connectivity index (χ2n) is 10.1. The van der Waals surface area contributed by atoms with Crippen molar-refractivity contribution in [1.29, 1.82) is 0 Å². The Kier molecular flexibility index (Phi) is 7.02. The van der Waals surface area contributed by atoms with E-state index in [1.54, 1.807) is 36.4 Å². The van der Waals surface area contributed by atoms with E-state index >= 15 is 0 Å². The zero-order chi connectivity index (χ0) is 26.8. The van der Waals surface area contributed by atoms with E-state index in [0.29, 0.717) is 36.8 Å². The Morgan fingerprint density at radius 3 is 2.62 bits per heavy atom. The van der Waals surface area contributed by atoms with Gasteiger partial charge in [0.1, 0.15) is 17.3 Å². The van der Waals surface area contributed by atoms with Gasteiger partial charge in [0.25, 0.3) is 11.5 Å². The SMILES string of the molecule is COc1cc(CN(CC2CCCO2)C(=O)c2cnc3ccccn3c2=O)ccc1OC1Cc2ccccc2C1. The third kappa shape index (κ3) is 5.25. The minimum Gasteiger partial charge on any atom is -0.493 e. The maximum atomic E-state index is 13.7. The van der Waals surface area contributed by atoms with Crippen LogP contribution in [0.25, 0.3) is 5.65 Å². The van der Waals surface area contributed by atoms with Crippen molar-refractivity contribution in [2.24, 2.45) is 0 Å². The van der Waals surface area contributed by atoms with Crippen molar-refractivity contribution in [3.63, 3.8) is 0 Å². The average molecular weight is 526 g/mol. The maximum Gasteiger partial charge on any atom is 0.270 e. The van der Waals surface area contributed by atoms with E-state index in [1.165, 1.54) is 21.7 Å². The summed E-state index contributed by atoms with van der Waals surface area (Å²) < 4.78 is 19.3. The van der Waals surface area contributed by atoms with Crippen LogP contribution in [0.5, 0.6) is 11.5 Å². The van der Waals surface area contributed by atoms with Crippen molar-refractivity contribution in [3.8, 4) is 11.5 Å². The molecule has 1 fully saturated rings. The van der Waals surface area contributed by atoms with Gasteiger partial charge in [-0.05, 0) is 53.8 Å². The molecule has 4 aromatic rings. The second-order valence-corrected chi connectivity index (χ2v) is 10.1. The fraction of sp³-hybridized carbons (Fsp3) is 0.323. The molecule has 2 aliphatic rings. The molecule has 1 saturated heterocycles. The quantitative estimate of drug-likeness (QED) is 0.345. The van der Waals surface area contributed by atoms with Gasteiger partial charge in [0.2, 0.25) is 0 Å². The highest BCUT2D eigenvalue weighted by Crippen LogP contribution is 2.33. The van der Waals surface area contributed by atoms with Crippen molar-refractivity contribution in [2.75, 3.05) is 20.3 Å². The first kappa shape index (κ1) is 25.1. The number of fused-ring (bicyclic) bond motifs is 2. The standard InChI is InChI=1S/C31H31N3O5/c1-37-28-15-21(11-12-27(28)39-25-16-22-7-2-3-8-23(22)17-25)19-33(20-24-9-6-14-38-24)30(35)26-18-32-29-10-4-5-13-34(29)31(26)36/h2-5,7-8,10-13,15,18,24-25H,6,9,14,16-17,19-20H2,1H3. The second kappa shape index (κ2) is 10.9. The van der Waals surface area contributed by atoms with E-state index in [0.717, 1.165) is 31.2 Å². The third-order valence-corrected chi connectivity index (χ3v) is 7.49. The normalized spacial score (nSPS) is 16.8. The number of aromatic nitrogens is 2. The molecule has 0 saturated carbocycles. The molecule has 8 nitrogen and oxygen atoms in total.